The predicted molar refractivity (Wildman–Crippen MR) is 64.5 cm³/mol. The van der Waals surface area contributed by atoms with Crippen LogP contribution in [-0.4, -0.2) is 22.1 Å². The number of nitrogens with zero attached hydrogens (tertiary/aromatic N) is 3. The van der Waals surface area contributed by atoms with Gasteiger partial charge in [-0.25, -0.2) is 4.39 Å². The van der Waals surface area contributed by atoms with Gasteiger partial charge in [0, 0.05) is 6.54 Å². The molecule has 2 rings (SSSR count). The SMILES string of the molecule is COc1nc(N)nc(NCc2ccc(F)cc2)n1. The zero-order chi connectivity index (χ0) is 13.0. The summed E-state index contributed by atoms with van der Waals surface area (Å²) in [5.41, 5.74) is 6.39. The molecule has 0 saturated heterocycles. The zero-order valence-electron chi connectivity index (χ0n) is 9.72. The molecule has 0 spiro atoms. The van der Waals surface area contributed by atoms with E-state index in [0.29, 0.717) is 12.5 Å². The maximum atomic E-state index is 12.7. The van der Waals surface area contributed by atoms with E-state index in [9.17, 15) is 4.39 Å². The number of nitrogen functional groups attached to an aromatic ring is 1. The van der Waals surface area contributed by atoms with Gasteiger partial charge in [0.1, 0.15) is 5.82 Å². The molecule has 0 atom stereocenters. The Morgan fingerprint density at radius 3 is 2.61 bits per heavy atom. The third-order valence-corrected chi connectivity index (χ3v) is 2.18. The highest BCUT2D eigenvalue weighted by molar-refractivity contribution is 5.33. The molecule has 7 heteroatoms. The predicted octanol–water partition coefficient (Wildman–Crippen LogP) is 1.21. The zero-order valence-corrected chi connectivity index (χ0v) is 9.72. The molecule has 0 aliphatic heterocycles. The van der Waals surface area contributed by atoms with Crippen molar-refractivity contribution < 1.29 is 9.13 Å². The van der Waals surface area contributed by atoms with Gasteiger partial charge < -0.3 is 15.8 Å². The Bertz CT molecular complexity index is 531. The van der Waals surface area contributed by atoms with Crippen LogP contribution in [0.4, 0.5) is 16.3 Å². The maximum absolute atomic E-state index is 12.7. The van der Waals surface area contributed by atoms with Crippen LogP contribution < -0.4 is 15.8 Å². The summed E-state index contributed by atoms with van der Waals surface area (Å²) in [5, 5.41) is 2.95. The molecule has 0 aliphatic carbocycles. The van der Waals surface area contributed by atoms with Crippen molar-refractivity contribution in [1.82, 2.24) is 15.0 Å². The van der Waals surface area contributed by atoms with Crippen LogP contribution in [0.25, 0.3) is 0 Å². The van der Waals surface area contributed by atoms with Gasteiger partial charge in [-0.3, -0.25) is 0 Å². The number of anilines is 2. The fraction of sp³-hybridized carbons (Fsp3) is 0.182. The Labute approximate surface area is 103 Å². The molecule has 3 N–H and O–H groups in total. The van der Waals surface area contributed by atoms with Crippen LogP contribution in [0.2, 0.25) is 0 Å². The maximum Gasteiger partial charge on any atom is 0.322 e. The lowest BCUT2D eigenvalue weighted by Crippen LogP contribution is -2.08. The van der Waals surface area contributed by atoms with E-state index in [1.54, 1.807) is 12.1 Å². The van der Waals surface area contributed by atoms with Crippen molar-refractivity contribution in [3.8, 4) is 6.01 Å². The van der Waals surface area contributed by atoms with E-state index >= 15 is 0 Å². The fourth-order valence-electron chi connectivity index (χ4n) is 1.33. The number of hydrogen-bond donors (Lipinski definition) is 2. The second kappa shape index (κ2) is 5.26. The van der Waals surface area contributed by atoms with E-state index in [2.05, 4.69) is 20.3 Å². The van der Waals surface area contributed by atoms with E-state index < -0.39 is 0 Å². The average molecular weight is 249 g/mol. The number of halogens is 1. The van der Waals surface area contributed by atoms with Gasteiger partial charge >= 0.3 is 6.01 Å². The largest absolute Gasteiger partial charge is 0.467 e. The van der Waals surface area contributed by atoms with E-state index in [-0.39, 0.29) is 17.8 Å². The van der Waals surface area contributed by atoms with Crippen molar-refractivity contribution >= 4 is 11.9 Å². The Balaban J connectivity index is 2.05. The van der Waals surface area contributed by atoms with Crippen LogP contribution in [0, 0.1) is 5.82 Å². The van der Waals surface area contributed by atoms with Crippen LogP contribution in [0.3, 0.4) is 0 Å². The molecule has 6 nitrogen and oxygen atoms in total. The molecular weight excluding hydrogens is 237 g/mol. The van der Waals surface area contributed by atoms with E-state index in [4.69, 9.17) is 10.5 Å². The molecule has 0 aliphatic rings. The van der Waals surface area contributed by atoms with Gasteiger partial charge in [0.05, 0.1) is 7.11 Å². The van der Waals surface area contributed by atoms with Crippen LogP contribution in [0.15, 0.2) is 24.3 Å². The molecule has 2 aromatic rings. The van der Waals surface area contributed by atoms with E-state index in [1.807, 2.05) is 0 Å². The summed E-state index contributed by atoms with van der Waals surface area (Å²) in [6, 6.07) is 6.26. The first-order valence-electron chi connectivity index (χ1n) is 5.21. The molecule has 0 fully saturated rings. The number of nitrogens with two attached hydrogens (primary N) is 1. The summed E-state index contributed by atoms with van der Waals surface area (Å²) >= 11 is 0. The monoisotopic (exact) mass is 249 g/mol. The smallest absolute Gasteiger partial charge is 0.322 e. The van der Waals surface area contributed by atoms with Crippen molar-refractivity contribution in [2.45, 2.75) is 6.54 Å². The van der Waals surface area contributed by atoms with Gasteiger partial charge in [-0.15, -0.1) is 0 Å². The van der Waals surface area contributed by atoms with Gasteiger partial charge in [0.15, 0.2) is 0 Å². The molecule has 0 amide bonds. The summed E-state index contributed by atoms with van der Waals surface area (Å²) in [5.74, 6) is 0.108. The molecule has 0 saturated carbocycles. The van der Waals surface area contributed by atoms with E-state index in [0.717, 1.165) is 5.56 Å². The van der Waals surface area contributed by atoms with E-state index in [1.165, 1.54) is 19.2 Å². The number of nitrogens with one attached hydrogen (secondary N) is 1. The highest BCUT2D eigenvalue weighted by Gasteiger charge is 2.04. The Hall–Kier alpha value is -2.44. The topological polar surface area (TPSA) is 86.0 Å². The standard InChI is InChI=1S/C11H12FN5O/c1-18-11-16-9(13)15-10(17-11)14-6-7-2-4-8(12)5-3-7/h2-5H,6H2,1H3,(H3,13,14,15,16,17). The van der Waals surface area contributed by atoms with Crippen molar-refractivity contribution in [1.29, 1.82) is 0 Å². The molecule has 1 aromatic carbocycles. The van der Waals surface area contributed by atoms with Crippen LogP contribution in [-0.2, 0) is 6.54 Å². The molecule has 1 aromatic heterocycles. The van der Waals surface area contributed by atoms with Crippen molar-refractivity contribution in [3.05, 3.63) is 35.6 Å². The minimum atomic E-state index is -0.273. The van der Waals surface area contributed by atoms with Crippen molar-refractivity contribution in [3.63, 3.8) is 0 Å². The van der Waals surface area contributed by atoms with Gasteiger partial charge in [0.2, 0.25) is 11.9 Å². The first kappa shape index (κ1) is 12.0. The minimum Gasteiger partial charge on any atom is -0.467 e. The Morgan fingerprint density at radius 1 is 1.22 bits per heavy atom. The molecule has 94 valence electrons. The molecule has 0 bridgehead atoms. The third kappa shape index (κ3) is 3.03. The quantitative estimate of drug-likeness (QED) is 0.847. The molecular formula is C11H12FN5O. The lowest BCUT2D eigenvalue weighted by Gasteiger charge is -2.06. The number of hydrogen-bond acceptors (Lipinski definition) is 6. The summed E-state index contributed by atoms with van der Waals surface area (Å²) < 4.78 is 17.6. The molecule has 0 radical (unpaired) electrons. The number of ether oxygens (including phenoxy) is 1. The molecule has 0 unspecified atom stereocenters. The lowest BCUT2D eigenvalue weighted by molar-refractivity contribution is 0.379. The van der Waals surface area contributed by atoms with Gasteiger partial charge in [-0.1, -0.05) is 12.1 Å². The minimum absolute atomic E-state index is 0.0726. The van der Waals surface area contributed by atoms with Crippen LogP contribution in [0.1, 0.15) is 5.56 Å². The van der Waals surface area contributed by atoms with Crippen molar-refractivity contribution in [2.75, 3.05) is 18.2 Å². The second-order valence-corrected chi connectivity index (χ2v) is 3.48. The summed E-state index contributed by atoms with van der Waals surface area (Å²) in [7, 11) is 1.44. The number of benzene rings is 1. The highest BCUT2D eigenvalue weighted by Crippen LogP contribution is 2.10. The Kier molecular flexibility index (Phi) is 3.52. The summed E-state index contributed by atoms with van der Waals surface area (Å²) in [6.07, 6.45) is 0. The summed E-state index contributed by atoms with van der Waals surface area (Å²) in [6.45, 7) is 0.451. The molecule has 1 heterocycles. The Morgan fingerprint density at radius 2 is 1.94 bits per heavy atom. The third-order valence-electron chi connectivity index (χ3n) is 2.18. The normalized spacial score (nSPS) is 10.1. The number of rotatable bonds is 4. The van der Waals surface area contributed by atoms with Gasteiger partial charge in [-0.05, 0) is 17.7 Å². The van der Waals surface area contributed by atoms with Crippen molar-refractivity contribution in [2.24, 2.45) is 0 Å². The fourth-order valence-corrected chi connectivity index (χ4v) is 1.33. The summed E-state index contributed by atoms with van der Waals surface area (Å²) in [4.78, 5) is 11.6. The first-order chi connectivity index (χ1) is 8.67. The first-order valence-corrected chi connectivity index (χ1v) is 5.21. The van der Waals surface area contributed by atoms with Crippen LogP contribution in [0.5, 0.6) is 6.01 Å². The highest BCUT2D eigenvalue weighted by atomic mass is 19.1. The van der Waals surface area contributed by atoms with Crippen LogP contribution >= 0.6 is 0 Å². The number of methoxy groups -OCH3 is 1. The number of aromatic nitrogens is 3. The molecule has 18 heavy (non-hydrogen) atoms. The van der Waals surface area contributed by atoms with Gasteiger partial charge in [0.25, 0.3) is 0 Å². The second-order valence-electron chi connectivity index (χ2n) is 3.48. The average Bonchev–Trinajstić information content (AvgIpc) is 2.37. The lowest BCUT2D eigenvalue weighted by atomic mass is 10.2. The van der Waals surface area contributed by atoms with Gasteiger partial charge in [-0.2, -0.15) is 15.0 Å².